The summed E-state index contributed by atoms with van der Waals surface area (Å²) in [6.45, 7) is 4.69. The van der Waals surface area contributed by atoms with Gasteiger partial charge in [0.25, 0.3) is 0 Å². The first-order valence-corrected chi connectivity index (χ1v) is 7.22. The summed E-state index contributed by atoms with van der Waals surface area (Å²) < 4.78 is 10.8. The summed E-state index contributed by atoms with van der Waals surface area (Å²) in [5.41, 5.74) is 2.93. The van der Waals surface area contributed by atoms with Crippen LogP contribution in [0.15, 0.2) is 48.5 Å². The molecule has 0 saturated carbocycles. The molecule has 0 saturated heterocycles. The fourth-order valence-corrected chi connectivity index (χ4v) is 2.25. The number of esters is 1. The molecule has 0 radical (unpaired) electrons. The molecule has 2 aromatic carbocycles. The van der Waals surface area contributed by atoms with E-state index in [2.05, 4.69) is 0 Å². The van der Waals surface area contributed by atoms with Crippen molar-refractivity contribution in [1.29, 1.82) is 0 Å². The molecule has 3 nitrogen and oxygen atoms in total. The van der Waals surface area contributed by atoms with E-state index < -0.39 is 0 Å². The molecule has 0 spiro atoms. The van der Waals surface area contributed by atoms with E-state index in [1.54, 1.807) is 0 Å². The Morgan fingerprint density at radius 2 is 1.71 bits per heavy atom. The van der Waals surface area contributed by atoms with Gasteiger partial charge >= 0.3 is 5.97 Å². The number of carbonyl (C=O) groups is 1. The topological polar surface area (TPSA) is 35.5 Å². The molecule has 2 aromatic rings. The number of benzene rings is 2. The Kier molecular flexibility index (Phi) is 5.38. The Morgan fingerprint density at radius 3 is 2.38 bits per heavy atom. The van der Waals surface area contributed by atoms with Crippen molar-refractivity contribution in [2.75, 3.05) is 13.2 Å². The van der Waals surface area contributed by atoms with Crippen LogP contribution in [0.3, 0.4) is 0 Å². The van der Waals surface area contributed by atoms with Gasteiger partial charge in [0.15, 0.2) is 0 Å². The third-order valence-electron chi connectivity index (χ3n) is 3.11. The molecule has 0 bridgehead atoms. The van der Waals surface area contributed by atoms with Gasteiger partial charge in [0.05, 0.1) is 19.6 Å². The van der Waals surface area contributed by atoms with Gasteiger partial charge in [0, 0.05) is 11.1 Å². The van der Waals surface area contributed by atoms with Crippen LogP contribution in [-0.2, 0) is 16.0 Å². The lowest BCUT2D eigenvalue weighted by Crippen LogP contribution is -2.09. The van der Waals surface area contributed by atoms with Crippen molar-refractivity contribution in [2.45, 2.75) is 20.3 Å². The molecule has 21 heavy (non-hydrogen) atoms. The molecule has 0 amide bonds. The summed E-state index contributed by atoms with van der Waals surface area (Å²) in [6.07, 6.45) is 0.226. The number of carbonyl (C=O) groups excluding carboxylic acids is 1. The Bertz CT molecular complexity index is 591. The molecule has 0 heterocycles. The molecule has 0 aromatic heterocycles. The van der Waals surface area contributed by atoms with Crippen LogP contribution in [0.5, 0.6) is 5.75 Å². The number of para-hydroxylation sites is 1. The van der Waals surface area contributed by atoms with Crippen molar-refractivity contribution in [3.63, 3.8) is 0 Å². The zero-order valence-corrected chi connectivity index (χ0v) is 12.5. The number of ether oxygens (including phenoxy) is 2. The Hall–Kier alpha value is -2.29. The smallest absolute Gasteiger partial charge is 0.310 e. The first kappa shape index (κ1) is 15.1. The van der Waals surface area contributed by atoms with Crippen LogP contribution in [-0.4, -0.2) is 19.2 Å². The number of rotatable bonds is 6. The second-order valence-electron chi connectivity index (χ2n) is 4.57. The average molecular weight is 284 g/mol. The second kappa shape index (κ2) is 7.48. The van der Waals surface area contributed by atoms with Crippen molar-refractivity contribution in [3.05, 3.63) is 54.1 Å². The maximum absolute atomic E-state index is 11.7. The molecule has 3 heteroatoms. The summed E-state index contributed by atoms with van der Waals surface area (Å²) in [7, 11) is 0. The van der Waals surface area contributed by atoms with E-state index >= 15 is 0 Å². The molecule has 0 atom stereocenters. The fourth-order valence-electron chi connectivity index (χ4n) is 2.25. The average Bonchev–Trinajstić information content (AvgIpc) is 2.50. The minimum absolute atomic E-state index is 0.226. The minimum Gasteiger partial charge on any atom is -0.493 e. The van der Waals surface area contributed by atoms with Gasteiger partial charge in [-0.1, -0.05) is 48.5 Å². The number of hydrogen-bond acceptors (Lipinski definition) is 3. The SMILES string of the molecule is CCOC(=O)Cc1cccc(-c2ccccc2)c1OCC. The van der Waals surface area contributed by atoms with Gasteiger partial charge in [-0.2, -0.15) is 0 Å². The standard InChI is InChI=1S/C18H20O3/c1-3-20-17(19)13-15-11-8-12-16(18(15)21-4-2)14-9-6-5-7-10-14/h5-12H,3-4,13H2,1-2H3. The first-order valence-electron chi connectivity index (χ1n) is 7.22. The van der Waals surface area contributed by atoms with Crippen LogP contribution < -0.4 is 4.74 Å². The van der Waals surface area contributed by atoms with Gasteiger partial charge < -0.3 is 9.47 Å². The Balaban J connectivity index is 2.40. The van der Waals surface area contributed by atoms with Gasteiger partial charge in [-0.3, -0.25) is 4.79 Å². The van der Waals surface area contributed by atoms with Gasteiger partial charge in [-0.05, 0) is 19.4 Å². The van der Waals surface area contributed by atoms with Crippen LogP contribution in [0.1, 0.15) is 19.4 Å². The van der Waals surface area contributed by atoms with E-state index in [-0.39, 0.29) is 12.4 Å². The highest BCUT2D eigenvalue weighted by Crippen LogP contribution is 2.33. The van der Waals surface area contributed by atoms with Crippen LogP contribution in [0.4, 0.5) is 0 Å². The van der Waals surface area contributed by atoms with Crippen molar-refractivity contribution in [1.82, 2.24) is 0 Å². The molecule has 0 aliphatic carbocycles. The minimum atomic E-state index is -0.233. The Labute approximate surface area is 125 Å². The normalized spacial score (nSPS) is 10.2. The molecule has 0 fully saturated rings. The monoisotopic (exact) mass is 284 g/mol. The summed E-state index contributed by atoms with van der Waals surface area (Å²) in [4.78, 5) is 11.7. The maximum Gasteiger partial charge on any atom is 0.310 e. The predicted molar refractivity (Wildman–Crippen MR) is 83.4 cm³/mol. The van der Waals surface area contributed by atoms with Crippen LogP contribution in [0.25, 0.3) is 11.1 Å². The highest BCUT2D eigenvalue weighted by atomic mass is 16.5. The third-order valence-corrected chi connectivity index (χ3v) is 3.11. The summed E-state index contributed by atoms with van der Waals surface area (Å²) in [5.74, 6) is 0.530. The van der Waals surface area contributed by atoms with Gasteiger partial charge in [-0.15, -0.1) is 0 Å². The fraction of sp³-hybridized carbons (Fsp3) is 0.278. The Morgan fingerprint density at radius 1 is 0.952 bits per heavy atom. The molecule has 2 rings (SSSR count). The third kappa shape index (κ3) is 3.85. The summed E-state index contributed by atoms with van der Waals surface area (Å²) in [6, 6.07) is 15.9. The quantitative estimate of drug-likeness (QED) is 0.756. The summed E-state index contributed by atoms with van der Waals surface area (Å²) >= 11 is 0. The highest BCUT2D eigenvalue weighted by molar-refractivity contribution is 5.78. The first-order chi connectivity index (χ1) is 10.3. The van der Waals surface area contributed by atoms with Crippen molar-refractivity contribution < 1.29 is 14.3 Å². The van der Waals surface area contributed by atoms with Crippen molar-refractivity contribution in [3.8, 4) is 16.9 Å². The zero-order valence-electron chi connectivity index (χ0n) is 12.5. The lowest BCUT2D eigenvalue weighted by molar-refractivity contribution is -0.142. The van der Waals surface area contributed by atoms with Crippen molar-refractivity contribution >= 4 is 5.97 Å². The molecule has 110 valence electrons. The van der Waals surface area contributed by atoms with Gasteiger partial charge in [-0.25, -0.2) is 0 Å². The van der Waals surface area contributed by atoms with E-state index in [1.807, 2.05) is 62.4 Å². The highest BCUT2D eigenvalue weighted by Gasteiger charge is 2.14. The molecule has 0 aliphatic rings. The zero-order chi connectivity index (χ0) is 15.1. The largest absolute Gasteiger partial charge is 0.493 e. The second-order valence-corrected chi connectivity index (χ2v) is 4.57. The van der Waals surface area contributed by atoms with E-state index in [0.717, 1.165) is 22.4 Å². The van der Waals surface area contributed by atoms with E-state index in [1.165, 1.54) is 0 Å². The van der Waals surface area contributed by atoms with Crippen LogP contribution in [0, 0.1) is 0 Å². The van der Waals surface area contributed by atoms with Gasteiger partial charge in [0.2, 0.25) is 0 Å². The number of hydrogen-bond donors (Lipinski definition) is 0. The molecule has 0 unspecified atom stereocenters. The van der Waals surface area contributed by atoms with Gasteiger partial charge in [0.1, 0.15) is 5.75 Å². The molecular formula is C18H20O3. The molecule has 0 aliphatic heterocycles. The predicted octanol–water partition coefficient (Wildman–Crippen LogP) is 3.86. The van der Waals surface area contributed by atoms with Crippen LogP contribution in [0.2, 0.25) is 0 Å². The van der Waals surface area contributed by atoms with E-state index in [0.29, 0.717) is 13.2 Å². The molecule has 0 N–H and O–H groups in total. The van der Waals surface area contributed by atoms with E-state index in [9.17, 15) is 4.79 Å². The van der Waals surface area contributed by atoms with Crippen LogP contribution >= 0.6 is 0 Å². The maximum atomic E-state index is 11.7. The lowest BCUT2D eigenvalue weighted by Gasteiger charge is -2.15. The summed E-state index contributed by atoms with van der Waals surface area (Å²) in [5, 5.41) is 0. The lowest BCUT2D eigenvalue weighted by atomic mass is 10.00. The van der Waals surface area contributed by atoms with E-state index in [4.69, 9.17) is 9.47 Å². The van der Waals surface area contributed by atoms with Crippen molar-refractivity contribution in [2.24, 2.45) is 0 Å². The molecular weight excluding hydrogens is 264 g/mol.